The Morgan fingerprint density at radius 3 is 2.47 bits per heavy atom. The molecule has 4 heteroatoms. The molecule has 94 valence electrons. The van der Waals surface area contributed by atoms with Crippen LogP contribution in [0.5, 0.6) is 0 Å². The van der Waals surface area contributed by atoms with Gasteiger partial charge >= 0.3 is 0 Å². The van der Waals surface area contributed by atoms with Gasteiger partial charge < -0.3 is 4.90 Å². The molecule has 1 aromatic carbocycles. The summed E-state index contributed by atoms with van der Waals surface area (Å²) in [5.74, 6) is -2.48. The molecule has 1 saturated heterocycles. The molecule has 1 aliphatic heterocycles. The fourth-order valence-electron chi connectivity index (χ4n) is 2.11. The average Bonchev–Trinajstić information content (AvgIpc) is 2.28. The summed E-state index contributed by atoms with van der Waals surface area (Å²) >= 11 is 3.47. The molecular weight excluding hydrogens is 288 g/mol. The van der Waals surface area contributed by atoms with E-state index in [-0.39, 0.29) is 12.8 Å². The minimum Gasteiger partial charge on any atom is -0.371 e. The lowest BCUT2D eigenvalue weighted by atomic mass is 10.1. The predicted molar refractivity (Wildman–Crippen MR) is 69.9 cm³/mol. The van der Waals surface area contributed by atoms with Crippen LogP contribution in [0.3, 0.4) is 0 Å². The van der Waals surface area contributed by atoms with E-state index in [1.807, 2.05) is 11.0 Å². The third-order valence-corrected chi connectivity index (χ3v) is 3.67. The van der Waals surface area contributed by atoms with Gasteiger partial charge in [0.15, 0.2) is 0 Å². The number of piperidine rings is 1. The van der Waals surface area contributed by atoms with Gasteiger partial charge in [0.05, 0.1) is 0 Å². The molecule has 1 nitrogen and oxygen atoms in total. The normalized spacial score (nSPS) is 19.4. The number of halogens is 3. The summed E-state index contributed by atoms with van der Waals surface area (Å²) < 4.78 is 27.2. The van der Waals surface area contributed by atoms with Crippen LogP contribution >= 0.6 is 15.9 Å². The summed E-state index contributed by atoms with van der Waals surface area (Å²) in [6, 6.07) is 6.17. The zero-order valence-electron chi connectivity index (χ0n) is 9.85. The third-order valence-electron chi connectivity index (χ3n) is 3.21. The SMILES string of the molecule is CCc1cc(Br)cc(N2CCC(F)(F)CC2)c1. The van der Waals surface area contributed by atoms with Crippen molar-refractivity contribution in [2.24, 2.45) is 0 Å². The van der Waals surface area contributed by atoms with Crippen molar-refractivity contribution in [2.75, 3.05) is 18.0 Å². The van der Waals surface area contributed by atoms with Gasteiger partial charge in [-0.15, -0.1) is 0 Å². The van der Waals surface area contributed by atoms with Crippen molar-refractivity contribution in [2.45, 2.75) is 32.1 Å². The molecule has 1 fully saturated rings. The Labute approximate surface area is 109 Å². The zero-order valence-corrected chi connectivity index (χ0v) is 11.4. The summed E-state index contributed by atoms with van der Waals surface area (Å²) in [6.07, 6.45) is 0.873. The summed E-state index contributed by atoms with van der Waals surface area (Å²) in [7, 11) is 0. The minimum atomic E-state index is -2.48. The number of rotatable bonds is 2. The maximum absolute atomic E-state index is 13.1. The molecule has 1 aliphatic rings. The largest absolute Gasteiger partial charge is 0.371 e. The second-order valence-corrected chi connectivity index (χ2v) is 5.43. The molecule has 1 aromatic rings. The van der Waals surface area contributed by atoms with Gasteiger partial charge in [-0.3, -0.25) is 0 Å². The van der Waals surface area contributed by atoms with Gasteiger partial charge in [0.1, 0.15) is 0 Å². The van der Waals surface area contributed by atoms with Crippen LogP contribution in [0.2, 0.25) is 0 Å². The van der Waals surface area contributed by atoms with Gasteiger partial charge in [0, 0.05) is 36.1 Å². The van der Waals surface area contributed by atoms with E-state index in [2.05, 4.69) is 35.0 Å². The quantitative estimate of drug-likeness (QED) is 0.789. The van der Waals surface area contributed by atoms with E-state index in [1.54, 1.807) is 0 Å². The Morgan fingerprint density at radius 1 is 1.24 bits per heavy atom. The minimum absolute atomic E-state index is 0.0407. The van der Waals surface area contributed by atoms with Gasteiger partial charge in [-0.05, 0) is 30.2 Å². The van der Waals surface area contributed by atoms with Crippen LogP contribution in [0, 0.1) is 0 Å². The number of aryl methyl sites for hydroxylation is 1. The number of alkyl halides is 2. The zero-order chi connectivity index (χ0) is 12.5. The highest BCUT2D eigenvalue weighted by Gasteiger charge is 2.34. The van der Waals surface area contributed by atoms with Crippen LogP contribution in [-0.4, -0.2) is 19.0 Å². The van der Waals surface area contributed by atoms with Crippen molar-refractivity contribution < 1.29 is 8.78 Å². The maximum atomic E-state index is 13.1. The monoisotopic (exact) mass is 303 g/mol. The molecule has 0 bridgehead atoms. The second-order valence-electron chi connectivity index (χ2n) is 4.51. The van der Waals surface area contributed by atoms with E-state index in [0.717, 1.165) is 16.6 Å². The Morgan fingerprint density at radius 2 is 1.88 bits per heavy atom. The third kappa shape index (κ3) is 3.18. The smallest absolute Gasteiger partial charge is 0.251 e. The number of hydrogen-bond acceptors (Lipinski definition) is 1. The highest BCUT2D eigenvalue weighted by molar-refractivity contribution is 9.10. The lowest BCUT2D eigenvalue weighted by Gasteiger charge is -2.33. The fraction of sp³-hybridized carbons (Fsp3) is 0.538. The van der Waals surface area contributed by atoms with Crippen LogP contribution in [0.25, 0.3) is 0 Å². The van der Waals surface area contributed by atoms with Crippen molar-refractivity contribution in [1.29, 1.82) is 0 Å². The van der Waals surface area contributed by atoms with Crippen LogP contribution in [-0.2, 0) is 6.42 Å². The summed E-state index contributed by atoms with van der Waals surface area (Å²) in [4.78, 5) is 2.04. The Balaban J connectivity index is 2.15. The topological polar surface area (TPSA) is 3.24 Å². The van der Waals surface area contributed by atoms with E-state index >= 15 is 0 Å². The Bertz CT molecular complexity index is 396. The molecule has 0 aromatic heterocycles. The van der Waals surface area contributed by atoms with E-state index in [0.29, 0.717) is 13.1 Å². The molecule has 0 saturated carbocycles. The van der Waals surface area contributed by atoms with Gasteiger partial charge in [-0.25, -0.2) is 8.78 Å². The average molecular weight is 304 g/mol. The molecule has 0 atom stereocenters. The molecular formula is C13H16BrF2N. The van der Waals surface area contributed by atoms with Crippen molar-refractivity contribution in [3.63, 3.8) is 0 Å². The summed E-state index contributed by atoms with van der Waals surface area (Å²) in [5.41, 5.74) is 2.28. The second kappa shape index (κ2) is 4.92. The lowest BCUT2D eigenvalue weighted by molar-refractivity contribution is -0.0220. The van der Waals surface area contributed by atoms with Crippen LogP contribution in [0.15, 0.2) is 22.7 Å². The first-order valence-electron chi connectivity index (χ1n) is 5.92. The van der Waals surface area contributed by atoms with Gasteiger partial charge in [-0.2, -0.15) is 0 Å². The van der Waals surface area contributed by atoms with Crippen LogP contribution in [0.1, 0.15) is 25.3 Å². The maximum Gasteiger partial charge on any atom is 0.251 e. The molecule has 2 rings (SSSR count). The van der Waals surface area contributed by atoms with Gasteiger partial charge in [0.2, 0.25) is 0 Å². The lowest BCUT2D eigenvalue weighted by Crippen LogP contribution is -2.39. The van der Waals surface area contributed by atoms with E-state index < -0.39 is 5.92 Å². The molecule has 1 heterocycles. The molecule has 0 spiro atoms. The van der Waals surface area contributed by atoms with Gasteiger partial charge in [0.25, 0.3) is 5.92 Å². The fourth-order valence-corrected chi connectivity index (χ4v) is 2.64. The highest BCUT2D eigenvalue weighted by Crippen LogP contribution is 2.32. The van der Waals surface area contributed by atoms with E-state index in [1.165, 1.54) is 5.56 Å². The van der Waals surface area contributed by atoms with Crippen molar-refractivity contribution in [3.05, 3.63) is 28.2 Å². The van der Waals surface area contributed by atoms with E-state index in [4.69, 9.17) is 0 Å². The molecule has 0 unspecified atom stereocenters. The first kappa shape index (κ1) is 12.8. The highest BCUT2D eigenvalue weighted by atomic mass is 79.9. The van der Waals surface area contributed by atoms with Crippen molar-refractivity contribution in [3.8, 4) is 0 Å². The number of benzene rings is 1. The molecule has 0 aliphatic carbocycles. The first-order valence-corrected chi connectivity index (χ1v) is 6.72. The number of hydrogen-bond donors (Lipinski definition) is 0. The standard InChI is InChI=1S/C13H16BrF2N/c1-2-10-7-11(14)9-12(8-10)17-5-3-13(15,16)4-6-17/h7-9H,2-6H2,1H3. The Kier molecular flexibility index (Phi) is 3.71. The first-order chi connectivity index (χ1) is 8.00. The van der Waals surface area contributed by atoms with Crippen molar-refractivity contribution in [1.82, 2.24) is 0 Å². The molecule has 0 N–H and O–H groups in total. The van der Waals surface area contributed by atoms with Crippen LogP contribution < -0.4 is 4.90 Å². The number of nitrogens with zero attached hydrogens (tertiary/aromatic N) is 1. The predicted octanol–water partition coefficient (Wildman–Crippen LogP) is 4.25. The summed E-state index contributed by atoms with van der Waals surface area (Å²) in [5, 5.41) is 0. The van der Waals surface area contributed by atoms with Crippen molar-refractivity contribution >= 4 is 21.6 Å². The van der Waals surface area contributed by atoms with Crippen LogP contribution in [0.4, 0.5) is 14.5 Å². The van der Waals surface area contributed by atoms with Gasteiger partial charge in [-0.1, -0.05) is 22.9 Å². The van der Waals surface area contributed by atoms with E-state index in [9.17, 15) is 8.78 Å². The molecule has 0 radical (unpaired) electrons. The molecule has 0 amide bonds. The summed E-state index contributed by atoms with van der Waals surface area (Å²) in [6.45, 7) is 2.97. The Hall–Kier alpha value is -0.640. The number of anilines is 1. The molecule has 17 heavy (non-hydrogen) atoms.